The van der Waals surface area contributed by atoms with Crippen LogP contribution in [0.4, 0.5) is 5.82 Å². The van der Waals surface area contributed by atoms with Gasteiger partial charge in [0.25, 0.3) is 0 Å². The molecule has 0 amide bonds. The van der Waals surface area contributed by atoms with Crippen LogP contribution in [-0.4, -0.2) is 29.7 Å². The van der Waals surface area contributed by atoms with Gasteiger partial charge in [-0.1, -0.05) is 0 Å². The normalized spacial score (nSPS) is 14.8. The van der Waals surface area contributed by atoms with Crippen LogP contribution in [0.25, 0.3) is 0 Å². The van der Waals surface area contributed by atoms with E-state index in [1.54, 1.807) is 6.92 Å². The molecule has 2 rings (SSSR count). The van der Waals surface area contributed by atoms with Gasteiger partial charge in [-0.3, -0.25) is 0 Å². The van der Waals surface area contributed by atoms with Crippen LogP contribution in [0.2, 0.25) is 0 Å². The molecule has 0 fully saturated rings. The second kappa shape index (κ2) is 3.77. The van der Waals surface area contributed by atoms with Gasteiger partial charge in [-0.05, 0) is 37.8 Å². The highest BCUT2D eigenvalue weighted by atomic mass is 16.4. The number of pyridine rings is 1. The third-order valence-electron chi connectivity index (χ3n) is 3.23. The third kappa shape index (κ3) is 1.54. The van der Waals surface area contributed by atoms with E-state index in [1.807, 2.05) is 14.0 Å². The van der Waals surface area contributed by atoms with E-state index in [9.17, 15) is 4.79 Å². The first kappa shape index (κ1) is 10.9. The quantitative estimate of drug-likeness (QED) is 0.783. The van der Waals surface area contributed by atoms with Crippen LogP contribution in [0.5, 0.6) is 0 Å². The van der Waals surface area contributed by atoms with Crippen molar-refractivity contribution in [2.75, 3.05) is 18.5 Å². The van der Waals surface area contributed by atoms with E-state index in [1.165, 1.54) is 0 Å². The molecule has 1 N–H and O–H groups in total. The smallest absolute Gasteiger partial charge is 0.337 e. The molecule has 1 aromatic heterocycles. The van der Waals surface area contributed by atoms with Crippen LogP contribution < -0.4 is 4.90 Å². The molecule has 0 saturated carbocycles. The number of carboxylic acid groups (broad SMARTS) is 1. The van der Waals surface area contributed by atoms with E-state index in [2.05, 4.69) is 9.88 Å². The van der Waals surface area contributed by atoms with Gasteiger partial charge in [-0.15, -0.1) is 0 Å². The number of fused-ring (bicyclic) bond motifs is 1. The molecule has 0 aromatic carbocycles. The van der Waals surface area contributed by atoms with Crippen molar-refractivity contribution >= 4 is 11.8 Å². The van der Waals surface area contributed by atoms with E-state index >= 15 is 0 Å². The van der Waals surface area contributed by atoms with Crippen molar-refractivity contribution in [1.82, 2.24) is 4.98 Å². The molecule has 1 aliphatic heterocycles. The summed E-state index contributed by atoms with van der Waals surface area (Å²) in [7, 11) is 2.00. The zero-order valence-electron chi connectivity index (χ0n) is 9.87. The summed E-state index contributed by atoms with van der Waals surface area (Å²) in [5, 5.41) is 9.16. The minimum atomic E-state index is -0.876. The summed E-state index contributed by atoms with van der Waals surface area (Å²) in [6.07, 6.45) is 1.99. The molecule has 4 nitrogen and oxygen atoms in total. The molecule has 0 radical (unpaired) electrons. The molecule has 16 heavy (non-hydrogen) atoms. The summed E-state index contributed by atoms with van der Waals surface area (Å²) in [6.45, 7) is 4.64. The van der Waals surface area contributed by atoms with Crippen LogP contribution in [0.1, 0.15) is 33.6 Å². The number of carboxylic acids is 1. The van der Waals surface area contributed by atoms with Gasteiger partial charge < -0.3 is 10.0 Å². The fourth-order valence-electron chi connectivity index (χ4n) is 2.40. The van der Waals surface area contributed by atoms with Gasteiger partial charge in [-0.2, -0.15) is 0 Å². The summed E-state index contributed by atoms with van der Waals surface area (Å²) in [6, 6.07) is 0. The zero-order chi connectivity index (χ0) is 11.9. The van der Waals surface area contributed by atoms with Crippen molar-refractivity contribution < 1.29 is 9.90 Å². The molecular formula is C12H16N2O2. The molecule has 0 spiro atoms. The second-order valence-corrected chi connectivity index (χ2v) is 4.33. The van der Waals surface area contributed by atoms with Gasteiger partial charge in [0.1, 0.15) is 5.82 Å². The Morgan fingerprint density at radius 3 is 2.75 bits per heavy atom. The molecule has 0 unspecified atom stereocenters. The topological polar surface area (TPSA) is 53.4 Å². The van der Waals surface area contributed by atoms with Crippen molar-refractivity contribution in [1.29, 1.82) is 0 Å². The Morgan fingerprint density at radius 2 is 2.12 bits per heavy atom. The van der Waals surface area contributed by atoms with Crippen LogP contribution in [0.15, 0.2) is 0 Å². The lowest BCUT2D eigenvalue weighted by Gasteiger charge is -2.28. The first-order chi connectivity index (χ1) is 7.52. The van der Waals surface area contributed by atoms with Crippen molar-refractivity contribution in [2.24, 2.45) is 0 Å². The van der Waals surface area contributed by atoms with E-state index < -0.39 is 5.97 Å². The van der Waals surface area contributed by atoms with Gasteiger partial charge in [0.15, 0.2) is 0 Å². The lowest BCUT2D eigenvalue weighted by molar-refractivity contribution is 0.0694. The highest BCUT2D eigenvalue weighted by Crippen LogP contribution is 2.30. The Balaban J connectivity index is 2.67. The third-order valence-corrected chi connectivity index (χ3v) is 3.23. The molecular weight excluding hydrogens is 204 g/mol. The summed E-state index contributed by atoms with van der Waals surface area (Å²) >= 11 is 0. The summed E-state index contributed by atoms with van der Waals surface area (Å²) in [4.78, 5) is 17.7. The molecule has 2 heterocycles. The molecule has 86 valence electrons. The number of carbonyl (C=O) groups is 1. The van der Waals surface area contributed by atoms with Gasteiger partial charge in [-0.25, -0.2) is 9.78 Å². The maximum atomic E-state index is 11.2. The average molecular weight is 220 g/mol. The van der Waals surface area contributed by atoms with Crippen LogP contribution in [0.3, 0.4) is 0 Å². The predicted octanol–water partition coefficient (Wildman–Crippen LogP) is 1.78. The average Bonchev–Trinajstić information content (AvgIpc) is 2.19. The van der Waals surface area contributed by atoms with E-state index in [0.29, 0.717) is 11.3 Å². The minimum Gasteiger partial charge on any atom is -0.478 e. The van der Waals surface area contributed by atoms with Crippen molar-refractivity contribution in [3.8, 4) is 0 Å². The Bertz CT molecular complexity index is 455. The van der Waals surface area contributed by atoms with Crippen molar-refractivity contribution in [3.63, 3.8) is 0 Å². The molecule has 1 aliphatic rings. The molecule has 0 bridgehead atoms. The maximum Gasteiger partial charge on any atom is 0.337 e. The predicted molar refractivity (Wildman–Crippen MR) is 62.3 cm³/mol. The van der Waals surface area contributed by atoms with Crippen molar-refractivity contribution in [3.05, 3.63) is 22.4 Å². The zero-order valence-corrected chi connectivity index (χ0v) is 9.87. The van der Waals surface area contributed by atoms with Gasteiger partial charge in [0.2, 0.25) is 0 Å². The standard InChI is InChI=1S/C12H16N2O2/c1-7-9-5-4-6-14(3)11(9)13-8(2)10(7)12(15)16/h4-6H2,1-3H3,(H,15,16). The molecule has 4 heteroatoms. The lowest BCUT2D eigenvalue weighted by Crippen LogP contribution is -2.27. The van der Waals surface area contributed by atoms with Crippen LogP contribution in [-0.2, 0) is 6.42 Å². The largest absolute Gasteiger partial charge is 0.478 e. The fraction of sp³-hybridized carbons (Fsp3) is 0.500. The number of aromatic nitrogens is 1. The van der Waals surface area contributed by atoms with Gasteiger partial charge in [0.05, 0.1) is 11.3 Å². The number of rotatable bonds is 1. The highest BCUT2D eigenvalue weighted by molar-refractivity contribution is 5.91. The lowest BCUT2D eigenvalue weighted by atomic mass is 9.96. The van der Waals surface area contributed by atoms with Crippen LogP contribution in [0, 0.1) is 13.8 Å². The Kier molecular flexibility index (Phi) is 2.58. The first-order valence-corrected chi connectivity index (χ1v) is 5.47. The Morgan fingerprint density at radius 1 is 1.44 bits per heavy atom. The van der Waals surface area contributed by atoms with E-state index in [4.69, 9.17) is 5.11 Å². The molecule has 1 aromatic rings. The Labute approximate surface area is 94.9 Å². The second-order valence-electron chi connectivity index (χ2n) is 4.33. The fourth-order valence-corrected chi connectivity index (χ4v) is 2.40. The van der Waals surface area contributed by atoms with Gasteiger partial charge >= 0.3 is 5.97 Å². The monoisotopic (exact) mass is 220 g/mol. The van der Waals surface area contributed by atoms with Gasteiger partial charge in [0, 0.05) is 13.6 Å². The summed E-state index contributed by atoms with van der Waals surface area (Å²) < 4.78 is 0. The first-order valence-electron chi connectivity index (χ1n) is 5.47. The molecule has 0 atom stereocenters. The van der Waals surface area contributed by atoms with Crippen LogP contribution >= 0.6 is 0 Å². The minimum absolute atomic E-state index is 0.369. The Hall–Kier alpha value is -1.58. The highest BCUT2D eigenvalue weighted by Gasteiger charge is 2.23. The van der Waals surface area contributed by atoms with E-state index in [0.717, 1.165) is 36.3 Å². The summed E-state index contributed by atoms with van der Waals surface area (Å²) in [5.41, 5.74) is 2.95. The number of aromatic carboxylic acids is 1. The number of hydrogen-bond acceptors (Lipinski definition) is 3. The SMILES string of the molecule is Cc1nc2c(c(C)c1C(=O)O)CCCN2C. The number of hydrogen-bond donors (Lipinski definition) is 1. The van der Waals surface area contributed by atoms with Crippen molar-refractivity contribution in [2.45, 2.75) is 26.7 Å². The molecule has 0 saturated heterocycles. The maximum absolute atomic E-state index is 11.2. The number of nitrogens with zero attached hydrogens (tertiary/aromatic N) is 2. The number of anilines is 1. The summed E-state index contributed by atoms with van der Waals surface area (Å²) in [5.74, 6) is 0.0739. The van der Waals surface area contributed by atoms with E-state index in [-0.39, 0.29) is 0 Å². The molecule has 0 aliphatic carbocycles. The number of aryl methyl sites for hydroxylation is 1.